The minimum absolute atomic E-state index is 0.194. The van der Waals surface area contributed by atoms with Crippen LogP contribution >= 0.6 is 0 Å². The number of methoxy groups -OCH3 is 1. The highest BCUT2D eigenvalue weighted by atomic mass is 16.5. The molecule has 2 N–H and O–H groups in total. The van der Waals surface area contributed by atoms with Crippen LogP contribution in [0.1, 0.15) is 30.3 Å². The highest BCUT2D eigenvalue weighted by molar-refractivity contribution is 5.92. The van der Waals surface area contributed by atoms with Crippen molar-refractivity contribution >= 4 is 28.6 Å². The van der Waals surface area contributed by atoms with E-state index in [1.807, 2.05) is 54.1 Å². The van der Waals surface area contributed by atoms with Crippen LogP contribution in [0.3, 0.4) is 0 Å². The van der Waals surface area contributed by atoms with E-state index in [0.29, 0.717) is 35.7 Å². The number of carbonyl (C=O) groups is 1. The fourth-order valence-electron chi connectivity index (χ4n) is 4.80. The van der Waals surface area contributed by atoms with Gasteiger partial charge in [0.25, 0.3) is 5.91 Å². The molecule has 1 aliphatic heterocycles. The molecule has 1 saturated heterocycles. The molecular weight excluding hydrogens is 468 g/mol. The number of amides is 1. The number of fused-ring (bicyclic) bond motifs is 1. The van der Waals surface area contributed by atoms with E-state index in [1.165, 1.54) is 6.42 Å². The normalized spacial score (nSPS) is 15.6. The number of nitrogens with zero attached hydrogens (tertiary/aromatic N) is 4. The van der Waals surface area contributed by atoms with Gasteiger partial charge in [0.1, 0.15) is 22.9 Å². The van der Waals surface area contributed by atoms with Gasteiger partial charge < -0.3 is 24.7 Å². The SMILES string of the molecule is CCN1CCCC1CNC(=O)c1cc(Oc2ccc3c(c2)nc(Nc2ccccc2OC)n3C)ccn1. The summed E-state index contributed by atoms with van der Waals surface area (Å²) in [4.78, 5) is 24.1. The molecule has 1 fully saturated rings. The maximum atomic E-state index is 12.7. The Balaban J connectivity index is 1.28. The van der Waals surface area contributed by atoms with Crippen molar-refractivity contribution in [1.82, 2.24) is 24.8 Å². The van der Waals surface area contributed by atoms with Gasteiger partial charge in [-0.2, -0.15) is 0 Å². The summed E-state index contributed by atoms with van der Waals surface area (Å²) in [5.74, 6) is 2.39. The molecule has 2 aromatic carbocycles. The van der Waals surface area contributed by atoms with Gasteiger partial charge in [0.15, 0.2) is 0 Å². The number of aromatic nitrogens is 3. The van der Waals surface area contributed by atoms with Crippen LogP contribution in [0.5, 0.6) is 17.2 Å². The van der Waals surface area contributed by atoms with E-state index in [2.05, 4.69) is 27.4 Å². The first-order valence-electron chi connectivity index (χ1n) is 12.6. The van der Waals surface area contributed by atoms with Gasteiger partial charge in [0.05, 0.1) is 23.8 Å². The third-order valence-corrected chi connectivity index (χ3v) is 6.81. The summed E-state index contributed by atoms with van der Waals surface area (Å²) >= 11 is 0. The fraction of sp³-hybridized carbons (Fsp3) is 0.321. The number of likely N-dealkylation sites (tertiary alicyclic amines) is 1. The molecule has 9 heteroatoms. The molecular formula is C28H32N6O3. The Labute approximate surface area is 216 Å². The third kappa shape index (κ3) is 5.36. The fourth-order valence-corrected chi connectivity index (χ4v) is 4.80. The van der Waals surface area contributed by atoms with Crippen LogP contribution in [0.2, 0.25) is 0 Å². The molecule has 0 saturated carbocycles. The minimum atomic E-state index is -0.194. The highest BCUT2D eigenvalue weighted by Gasteiger charge is 2.23. The zero-order valence-electron chi connectivity index (χ0n) is 21.4. The van der Waals surface area contributed by atoms with E-state index in [1.54, 1.807) is 25.4 Å². The topological polar surface area (TPSA) is 93.5 Å². The molecule has 1 amide bonds. The Hall–Kier alpha value is -4.11. The van der Waals surface area contributed by atoms with Gasteiger partial charge in [-0.1, -0.05) is 19.1 Å². The lowest BCUT2D eigenvalue weighted by atomic mass is 10.2. The average Bonchev–Trinajstić information content (AvgIpc) is 3.51. The molecule has 0 radical (unpaired) electrons. The molecule has 1 aliphatic rings. The predicted molar refractivity (Wildman–Crippen MR) is 144 cm³/mol. The molecule has 2 aromatic heterocycles. The van der Waals surface area contributed by atoms with Gasteiger partial charge in [-0.05, 0) is 56.3 Å². The lowest BCUT2D eigenvalue weighted by molar-refractivity contribution is 0.0936. The summed E-state index contributed by atoms with van der Waals surface area (Å²) in [7, 11) is 3.59. The number of benzene rings is 2. The summed E-state index contributed by atoms with van der Waals surface area (Å²) < 4.78 is 13.5. The first-order valence-corrected chi connectivity index (χ1v) is 12.6. The number of aryl methyl sites for hydroxylation is 1. The molecule has 1 atom stereocenters. The van der Waals surface area contributed by atoms with Gasteiger partial charge in [-0.25, -0.2) is 4.98 Å². The van der Waals surface area contributed by atoms with Crippen LogP contribution in [0.25, 0.3) is 11.0 Å². The lowest BCUT2D eigenvalue weighted by Gasteiger charge is -2.22. The van der Waals surface area contributed by atoms with Gasteiger partial charge in [-0.3, -0.25) is 14.7 Å². The summed E-state index contributed by atoms with van der Waals surface area (Å²) in [6, 6.07) is 17.2. The van der Waals surface area contributed by atoms with E-state index < -0.39 is 0 Å². The molecule has 0 aliphatic carbocycles. The number of hydrogen-bond donors (Lipinski definition) is 2. The third-order valence-electron chi connectivity index (χ3n) is 6.81. The molecule has 192 valence electrons. The number of pyridine rings is 1. The van der Waals surface area contributed by atoms with Crippen LogP contribution in [0, 0.1) is 0 Å². The van der Waals surface area contributed by atoms with E-state index >= 15 is 0 Å². The van der Waals surface area contributed by atoms with E-state index in [-0.39, 0.29) is 5.91 Å². The average molecular weight is 501 g/mol. The predicted octanol–water partition coefficient (Wildman–Crippen LogP) is 4.73. The second-order valence-corrected chi connectivity index (χ2v) is 9.08. The molecule has 0 bridgehead atoms. The summed E-state index contributed by atoms with van der Waals surface area (Å²) in [6.45, 7) is 4.88. The Morgan fingerprint density at radius 3 is 2.81 bits per heavy atom. The first kappa shape index (κ1) is 24.6. The van der Waals surface area contributed by atoms with Gasteiger partial charge in [-0.15, -0.1) is 0 Å². The van der Waals surface area contributed by atoms with Crippen molar-refractivity contribution in [3.63, 3.8) is 0 Å². The number of rotatable bonds is 9. The van der Waals surface area contributed by atoms with Crippen LogP contribution in [-0.2, 0) is 7.05 Å². The number of nitrogens with one attached hydrogen (secondary N) is 2. The Kier molecular flexibility index (Phi) is 7.23. The Bertz CT molecular complexity index is 1400. The maximum Gasteiger partial charge on any atom is 0.270 e. The van der Waals surface area contributed by atoms with Crippen LogP contribution < -0.4 is 20.1 Å². The van der Waals surface area contributed by atoms with Crippen LogP contribution in [0.15, 0.2) is 60.8 Å². The molecule has 37 heavy (non-hydrogen) atoms. The largest absolute Gasteiger partial charge is 0.495 e. The molecule has 9 nitrogen and oxygen atoms in total. The number of ether oxygens (including phenoxy) is 2. The van der Waals surface area contributed by atoms with Gasteiger partial charge in [0, 0.05) is 38.0 Å². The second-order valence-electron chi connectivity index (χ2n) is 9.08. The molecule has 1 unspecified atom stereocenters. The molecule has 5 rings (SSSR count). The van der Waals surface area contributed by atoms with Crippen LogP contribution in [0.4, 0.5) is 11.6 Å². The van der Waals surface area contributed by atoms with Crippen molar-refractivity contribution in [3.05, 3.63) is 66.5 Å². The first-order chi connectivity index (χ1) is 18.1. The molecule has 3 heterocycles. The Morgan fingerprint density at radius 2 is 1.97 bits per heavy atom. The van der Waals surface area contributed by atoms with Crippen molar-refractivity contribution in [1.29, 1.82) is 0 Å². The minimum Gasteiger partial charge on any atom is -0.495 e. The van der Waals surface area contributed by atoms with E-state index in [4.69, 9.17) is 14.5 Å². The zero-order chi connectivity index (χ0) is 25.8. The number of hydrogen-bond acceptors (Lipinski definition) is 7. The number of carbonyl (C=O) groups excluding carboxylic acids is 1. The Morgan fingerprint density at radius 1 is 1.14 bits per heavy atom. The smallest absolute Gasteiger partial charge is 0.270 e. The van der Waals surface area contributed by atoms with E-state index in [0.717, 1.165) is 42.0 Å². The van der Waals surface area contributed by atoms with Crippen molar-refractivity contribution < 1.29 is 14.3 Å². The highest BCUT2D eigenvalue weighted by Crippen LogP contribution is 2.30. The zero-order valence-corrected chi connectivity index (χ0v) is 21.4. The van der Waals surface area contributed by atoms with Crippen molar-refractivity contribution in [2.45, 2.75) is 25.8 Å². The van der Waals surface area contributed by atoms with Gasteiger partial charge in [0.2, 0.25) is 5.95 Å². The lowest BCUT2D eigenvalue weighted by Crippen LogP contribution is -2.40. The monoisotopic (exact) mass is 500 g/mol. The maximum absolute atomic E-state index is 12.7. The molecule has 4 aromatic rings. The number of likely N-dealkylation sites (N-methyl/N-ethyl adjacent to an activating group) is 1. The van der Waals surface area contributed by atoms with Gasteiger partial charge >= 0.3 is 0 Å². The second kappa shape index (κ2) is 10.9. The molecule has 0 spiro atoms. The standard InChI is InChI=1S/C28H32N6O3/c1-4-34-15-7-8-19(34)18-30-27(35)24-17-21(13-14-29-24)37-20-11-12-25-23(16-20)32-28(33(25)2)31-22-9-5-6-10-26(22)36-3/h5-6,9-14,16-17,19H,4,7-8,15,18H2,1-3H3,(H,30,35)(H,31,32). The van der Waals surface area contributed by atoms with Crippen molar-refractivity contribution in [3.8, 4) is 17.2 Å². The quantitative estimate of drug-likeness (QED) is 0.343. The number of anilines is 2. The van der Waals surface area contributed by atoms with Crippen LogP contribution in [-0.4, -0.2) is 58.1 Å². The number of para-hydroxylation sites is 2. The summed E-state index contributed by atoms with van der Waals surface area (Å²) in [6.07, 6.45) is 3.87. The van der Waals surface area contributed by atoms with Crippen molar-refractivity contribution in [2.75, 3.05) is 32.1 Å². The number of imidazole rings is 1. The van der Waals surface area contributed by atoms with E-state index in [9.17, 15) is 4.79 Å². The van der Waals surface area contributed by atoms with Crippen molar-refractivity contribution in [2.24, 2.45) is 7.05 Å². The summed E-state index contributed by atoms with van der Waals surface area (Å²) in [5, 5.41) is 6.37. The summed E-state index contributed by atoms with van der Waals surface area (Å²) in [5.41, 5.74) is 2.90.